The van der Waals surface area contributed by atoms with E-state index in [4.69, 9.17) is 4.74 Å². The lowest BCUT2D eigenvalue weighted by Gasteiger charge is -2.12. The molecule has 0 saturated carbocycles. The Balaban J connectivity index is 1.91. The quantitative estimate of drug-likeness (QED) is 0.245. The highest BCUT2D eigenvalue weighted by Crippen LogP contribution is 2.31. The van der Waals surface area contributed by atoms with E-state index in [2.05, 4.69) is 31.2 Å². The van der Waals surface area contributed by atoms with E-state index >= 15 is 0 Å². The number of ether oxygens (including phenoxy) is 1. The zero-order valence-corrected chi connectivity index (χ0v) is 19.5. The van der Waals surface area contributed by atoms with Gasteiger partial charge < -0.3 is 4.74 Å². The van der Waals surface area contributed by atoms with Crippen LogP contribution in [0.5, 0.6) is 5.75 Å². The number of nitrogens with one attached hydrogen (secondary N) is 2. The Morgan fingerprint density at radius 1 is 1.06 bits per heavy atom. The summed E-state index contributed by atoms with van der Waals surface area (Å²) < 4.78 is 34.0. The number of hydrogen-bond donors (Lipinski definition) is 2. The number of hydrazone groups is 1. The third-order valence-electron chi connectivity index (χ3n) is 4.44. The molecule has 0 unspecified atom stereocenters. The van der Waals surface area contributed by atoms with E-state index in [9.17, 15) is 18.5 Å². The van der Waals surface area contributed by atoms with E-state index in [1.54, 1.807) is 25.1 Å². The number of nitro benzene ring substituents is 1. The van der Waals surface area contributed by atoms with E-state index in [0.29, 0.717) is 11.5 Å². The third-order valence-corrected chi connectivity index (χ3v) is 6.49. The van der Waals surface area contributed by atoms with Gasteiger partial charge in [0, 0.05) is 16.1 Å². The van der Waals surface area contributed by atoms with Gasteiger partial charge in [-0.3, -0.25) is 20.3 Å². The minimum absolute atomic E-state index is 0.0534. The number of hydrogen-bond acceptors (Lipinski definition) is 7. The molecule has 0 heterocycles. The van der Waals surface area contributed by atoms with Crippen LogP contribution in [-0.2, 0) is 10.0 Å². The fourth-order valence-corrected chi connectivity index (χ4v) is 4.48. The number of halogens is 1. The predicted molar refractivity (Wildman–Crippen MR) is 127 cm³/mol. The Labute approximate surface area is 193 Å². The summed E-state index contributed by atoms with van der Waals surface area (Å²) in [5.74, 6) is 0.320. The predicted octanol–water partition coefficient (Wildman–Crippen LogP) is 5.00. The molecule has 0 bridgehead atoms. The van der Waals surface area contributed by atoms with Crippen molar-refractivity contribution in [1.29, 1.82) is 0 Å². The normalized spacial score (nSPS) is 11.7. The first kappa shape index (κ1) is 23.2. The van der Waals surface area contributed by atoms with Crippen molar-refractivity contribution in [3.05, 3.63) is 86.9 Å². The van der Waals surface area contributed by atoms with Gasteiger partial charge in [-0.25, -0.2) is 8.42 Å². The van der Waals surface area contributed by atoms with Gasteiger partial charge in [0.2, 0.25) is 0 Å². The molecular formula is C21H19BrN4O5S. The van der Waals surface area contributed by atoms with Crippen LogP contribution < -0.4 is 14.9 Å². The van der Waals surface area contributed by atoms with Gasteiger partial charge in [0.1, 0.15) is 11.4 Å². The monoisotopic (exact) mass is 518 g/mol. The Kier molecular flexibility index (Phi) is 7.11. The summed E-state index contributed by atoms with van der Waals surface area (Å²) in [5, 5.41) is 15.8. The molecule has 0 aromatic heterocycles. The Morgan fingerprint density at radius 2 is 1.75 bits per heavy atom. The molecule has 9 nitrogen and oxygen atoms in total. The van der Waals surface area contributed by atoms with Crippen molar-refractivity contribution in [3.63, 3.8) is 0 Å². The molecule has 0 amide bonds. The van der Waals surface area contributed by atoms with Crippen LogP contribution in [0.3, 0.4) is 0 Å². The van der Waals surface area contributed by atoms with Crippen molar-refractivity contribution in [2.45, 2.75) is 11.8 Å². The topological polar surface area (TPSA) is 123 Å². The third kappa shape index (κ3) is 5.24. The molecule has 3 rings (SSSR count). The van der Waals surface area contributed by atoms with E-state index in [0.717, 1.165) is 16.1 Å². The van der Waals surface area contributed by atoms with Crippen molar-refractivity contribution >= 4 is 48.7 Å². The molecule has 3 aromatic rings. The molecule has 0 radical (unpaired) electrons. The smallest absolute Gasteiger partial charge is 0.295 e. The van der Waals surface area contributed by atoms with Crippen LogP contribution in [0.25, 0.3) is 0 Å². The lowest BCUT2D eigenvalue weighted by atomic mass is 10.1. The lowest BCUT2D eigenvalue weighted by molar-refractivity contribution is -0.384. The fraction of sp³-hybridized carbons (Fsp3) is 0.0952. The second-order valence-electron chi connectivity index (χ2n) is 6.53. The Bertz CT molecular complexity index is 1290. The van der Waals surface area contributed by atoms with Gasteiger partial charge >= 0.3 is 0 Å². The van der Waals surface area contributed by atoms with Gasteiger partial charge in [-0.15, -0.1) is 0 Å². The SMILES string of the molecule is COc1ccccc1NS(=O)(=O)c1ccc(N/N=C(\C)c2ccccc2Br)c([N+](=O)[O-])c1. The van der Waals surface area contributed by atoms with Crippen molar-refractivity contribution in [2.75, 3.05) is 17.3 Å². The number of benzene rings is 3. The zero-order chi connectivity index (χ0) is 23.3. The van der Waals surface area contributed by atoms with Crippen LogP contribution in [0, 0.1) is 10.1 Å². The van der Waals surface area contributed by atoms with E-state index in [1.165, 1.54) is 25.3 Å². The van der Waals surface area contributed by atoms with Crippen LogP contribution in [0.2, 0.25) is 0 Å². The number of nitro groups is 1. The highest BCUT2D eigenvalue weighted by molar-refractivity contribution is 9.10. The Hall–Kier alpha value is -3.44. The molecule has 0 fully saturated rings. The van der Waals surface area contributed by atoms with Crippen molar-refractivity contribution in [3.8, 4) is 5.75 Å². The minimum Gasteiger partial charge on any atom is -0.495 e. The number of methoxy groups -OCH3 is 1. The fourth-order valence-electron chi connectivity index (χ4n) is 2.82. The summed E-state index contributed by atoms with van der Waals surface area (Å²) in [4.78, 5) is 10.7. The molecular weight excluding hydrogens is 500 g/mol. The highest BCUT2D eigenvalue weighted by Gasteiger charge is 2.22. The lowest BCUT2D eigenvalue weighted by Crippen LogP contribution is -2.14. The van der Waals surface area contributed by atoms with E-state index < -0.39 is 20.6 Å². The van der Waals surface area contributed by atoms with Crippen molar-refractivity contribution in [1.82, 2.24) is 0 Å². The van der Waals surface area contributed by atoms with Crippen molar-refractivity contribution in [2.24, 2.45) is 5.10 Å². The average molecular weight is 519 g/mol. The molecule has 166 valence electrons. The van der Waals surface area contributed by atoms with Crippen LogP contribution >= 0.6 is 15.9 Å². The largest absolute Gasteiger partial charge is 0.495 e. The molecule has 0 spiro atoms. The molecule has 0 atom stereocenters. The van der Waals surface area contributed by atoms with Crippen LogP contribution in [0.15, 0.2) is 81.2 Å². The Morgan fingerprint density at radius 3 is 2.44 bits per heavy atom. The number of para-hydroxylation sites is 2. The standard InChI is InChI=1S/C21H19BrN4O5S/c1-14(16-7-3-4-8-17(16)22)23-24-18-12-11-15(13-20(18)26(27)28)32(29,30)25-19-9-5-6-10-21(19)31-2/h3-13,24-25H,1-2H3/b23-14+. The molecule has 0 aliphatic carbocycles. The van der Waals surface area contributed by atoms with Crippen molar-refractivity contribution < 1.29 is 18.1 Å². The van der Waals surface area contributed by atoms with Gasteiger partial charge in [0.05, 0.1) is 28.3 Å². The maximum atomic E-state index is 12.8. The first-order valence-corrected chi connectivity index (χ1v) is 11.5. The van der Waals surface area contributed by atoms with Gasteiger partial charge in [0.15, 0.2) is 0 Å². The molecule has 0 aliphatic rings. The van der Waals surface area contributed by atoms with Crippen LogP contribution in [0.1, 0.15) is 12.5 Å². The summed E-state index contributed by atoms with van der Waals surface area (Å²) in [6.07, 6.45) is 0. The van der Waals surface area contributed by atoms with E-state index in [1.807, 2.05) is 24.3 Å². The maximum absolute atomic E-state index is 12.8. The summed E-state index contributed by atoms with van der Waals surface area (Å²) in [6.45, 7) is 1.74. The number of anilines is 2. The summed E-state index contributed by atoms with van der Waals surface area (Å²) in [6, 6.07) is 17.4. The molecule has 2 N–H and O–H groups in total. The number of sulfonamides is 1. The zero-order valence-electron chi connectivity index (χ0n) is 17.1. The summed E-state index contributed by atoms with van der Waals surface area (Å²) in [7, 11) is -2.69. The first-order chi connectivity index (χ1) is 15.2. The van der Waals surface area contributed by atoms with Gasteiger partial charge in [0.25, 0.3) is 15.7 Å². The van der Waals surface area contributed by atoms with E-state index in [-0.39, 0.29) is 16.3 Å². The second kappa shape index (κ2) is 9.79. The average Bonchev–Trinajstić information content (AvgIpc) is 2.77. The molecule has 0 aliphatic heterocycles. The summed E-state index contributed by atoms with van der Waals surface area (Å²) >= 11 is 3.43. The number of rotatable bonds is 8. The highest BCUT2D eigenvalue weighted by atomic mass is 79.9. The molecule has 0 saturated heterocycles. The van der Waals surface area contributed by atoms with Gasteiger partial charge in [-0.1, -0.05) is 46.3 Å². The van der Waals surface area contributed by atoms with Crippen LogP contribution in [-0.4, -0.2) is 26.2 Å². The first-order valence-electron chi connectivity index (χ1n) is 9.22. The minimum atomic E-state index is -4.10. The second-order valence-corrected chi connectivity index (χ2v) is 9.07. The molecule has 11 heteroatoms. The molecule has 32 heavy (non-hydrogen) atoms. The molecule has 3 aromatic carbocycles. The maximum Gasteiger partial charge on any atom is 0.295 e. The summed E-state index contributed by atoms with van der Waals surface area (Å²) in [5.41, 5.74) is 3.89. The van der Waals surface area contributed by atoms with Gasteiger partial charge in [-0.05, 0) is 37.3 Å². The van der Waals surface area contributed by atoms with Gasteiger partial charge in [-0.2, -0.15) is 5.10 Å². The number of nitrogens with zero attached hydrogens (tertiary/aromatic N) is 2. The van der Waals surface area contributed by atoms with Crippen LogP contribution in [0.4, 0.5) is 17.1 Å².